The maximum absolute atomic E-state index is 11.1. The standard InChI is InChI=1S/C9H10O3/c10-5-1-2-7-6-8(11)3-4-9(7)12/h3-4,6,10H,1-2,5H2. The third kappa shape index (κ3) is 2.13. The highest BCUT2D eigenvalue weighted by molar-refractivity contribution is 6.17. The number of hydrogen-bond donors (Lipinski definition) is 1. The molecule has 1 N–H and O–H groups in total. The van der Waals surface area contributed by atoms with Gasteiger partial charge in [0.25, 0.3) is 0 Å². The van der Waals surface area contributed by atoms with Crippen molar-refractivity contribution in [2.45, 2.75) is 12.8 Å². The molecule has 64 valence electrons. The molecule has 0 saturated heterocycles. The molecule has 0 atom stereocenters. The second kappa shape index (κ2) is 3.97. The van der Waals surface area contributed by atoms with Gasteiger partial charge in [0, 0.05) is 12.2 Å². The van der Waals surface area contributed by atoms with Crippen LogP contribution in [0.15, 0.2) is 23.8 Å². The van der Waals surface area contributed by atoms with Gasteiger partial charge in [0.2, 0.25) is 0 Å². The minimum absolute atomic E-state index is 0.0442. The summed E-state index contributed by atoms with van der Waals surface area (Å²) in [6.07, 6.45) is 4.86. The Bertz CT molecular complexity index is 261. The van der Waals surface area contributed by atoms with E-state index < -0.39 is 0 Å². The molecule has 0 heterocycles. The number of aliphatic hydroxyl groups excluding tert-OH is 1. The van der Waals surface area contributed by atoms with Crippen molar-refractivity contribution in [1.29, 1.82) is 0 Å². The van der Waals surface area contributed by atoms with E-state index in [1.165, 1.54) is 18.2 Å². The van der Waals surface area contributed by atoms with Crippen LogP contribution in [0.2, 0.25) is 0 Å². The molecule has 3 nitrogen and oxygen atoms in total. The molecule has 12 heavy (non-hydrogen) atoms. The van der Waals surface area contributed by atoms with E-state index in [2.05, 4.69) is 0 Å². The summed E-state index contributed by atoms with van der Waals surface area (Å²) in [4.78, 5) is 21.9. The third-order valence-corrected chi connectivity index (χ3v) is 1.64. The molecular formula is C9H10O3. The summed E-state index contributed by atoms with van der Waals surface area (Å²) in [5.74, 6) is -0.273. The van der Waals surface area contributed by atoms with Gasteiger partial charge in [0.05, 0.1) is 0 Å². The number of aliphatic hydroxyl groups is 1. The van der Waals surface area contributed by atoms with Crippen LogP contribution in [0, 0.1) is 0 Å². The van der Waals surface area contributed by atoms with Gasteiger partial charge in [-0.2, -0.15) is 0 Å². The number of carbonyl (C=O) groups is 2. The summed E-state index contributed by atoms with van der Waals surface area (Å²) < 4.78 is 0. The molecule has 0 spiro atoms. The van der Waals surface area contributed by atoms with E-state index in [1.54, 1.807) is 0 Å². The molecule has 0 amide bonds. The summed E-state index contributed by atoms with van der Waals surface area (Å²) in [6.45, 7) is 0.0442. The lowest BCUT2D eigenvalue weighted by atomic mass is 10.00. The molecular weight excluding hydrogens is 156 g/mol. The first-order chi connectivity index (χ1) is 5.74. The second-order valence-electron chi connectivity index (χ2n) is 2.60. The van der Waals surface area contributed by atoms with Gasteiger partial charge < -0.3 is 5.11 Å². The molecule has 0 aromatic heterocycles. The summed E-state index contributed by atoms with van der Waals surface area (Å²) in [7, 11) is 0. The van der Waals surface area contributed by atoms with Crippen LogP contribution in [0.25, 0.3) is 0 Å². The van der Waals surface area contributed by atoms with Crippen molar-refractivity contribution in [1.82, 2.24) is 0 Å². The fourth-order valence-corrected chi connectivity index (χ4v) is 1.02. The largest absolute Gasteiger partial charge is 0.396 e. The SMILES string of the molecule is O=C1C=CC(=O)C(CCCO)=C1. The van der Waals surface area contributed by atoms with Gasteiger partial charge in [-0.1, -0.05) is 0 Å². The molecule has 0 unspecified atom stereocenters. The third-order valence-electron chi connectivity index (χ3n) is 1.64. The van der Waals surface area contributed by atoms with Crippen molar-refractivity contribution < 1.29 is 14.7 Å². The fourth-order valence-electron chi connectivity index (χ4n) is 1.02. The monoisotopic (exact) mass is 166 g/mol. The summed E-state index contributed by atoms with van der Waals surface area (Å²) in [6, 6.07) is 0. The molecule has 0 radical (unpaired) electrons. The lowest BCUT2D eigenvalue weighted by Crippen LogP contribution is -2.07. The Balaban J connectivity index is 2.62. The first-order valence-corrected chi connectivity index (χ1v) is 3.82. The molecule has 1 aliphatic rings. The zero-order chi connectivity index (χ0) is 8.97. The number of carbonyl (C=O) groups excluding carboxylic acids is 2. The van der Waals surface area contributed by atoms with Crippen molar-refractivity contribution >= 4 is 11.6 Å². The average Bonchev–Trinajstić information content (AvgIpc) is 2.07. The van der Waals surface area contributed by atoms with Crippen molar-refractivity contribution in [3.05, 3.63) is 23.8 Å². The number of ketones is 2. The minimum Gasteiger partial charge on any atom is -0.396 e. The van der Waals surface area contributed by atoms with Gasteiger partial charge in [0.1, 0.15) is 0 Å². The van der Waals surface area contributed by atoms with Crippen LogP contribution in [-0.4, -0.2) is 23.3 Å². The molecule has 0 aromatic rings. The predicted octanol–water partition coefficient (Wildman–Crippen LogP) is 0.393. The quantitative estimate of drug-likeness (QED) is 0.617. The van der Waals surface area contributed by atoms with Crippen LogP contribution in [0.1, 0.15) is 12.8 Å². The summed E-state index contributed by atoms with van der Waals surface area (Å²) in [5, 5.41) is 8.51. The Morgan fingerprint density at radius 2 is 2.00 bits per heavy atom. The van der Waals surface area contributed by atoms with Crippen molar-refractivity contribution in [2.24, 2.45) is 0 Å². The summed E-state index contributed by atoms with van der Waals surface area (Å²) in [5.41, 5.74) is 0.497. The van der Waals surface area contributed by atoms with Gasteiger partial charge in [-0.15, -0.1) is 0 Å². The predicted molar refractivity (Wildman–Crippen MR) is 43.6 cm³/mol. The van der Waals surface area contributed by atoms with Crippen LogP contribution < -0.4 is 0 Å². The minimum atomic E-state index is -0.150. The zero-order valence-electron chi connectivity index (χ0n) is 6.62. The number of hydrogen-bond acceptors (Lipinski definition) is 3. The van der Waals surface area contributed by atoms with E-state index in [0.717, 1.165) is 0 Å². The molecule has 1 aliphatic carbocycles. The molecule has 0 saturated carbocycles. The van der Waals surface area contributed by atoms with Gasteiger partial charge in [-0.3, -0.25) is 9.59 Å². The van der Waals surface area contributed by atoms with Crippen LogP contribution in [0.3, 0.4) is 0 Å². The number of rotatable bonds is 3. The van der Waals surface area contributed by atoms with Gasteiger partial charge in [0.15, 0.2) is 11.6 Å². The van der Waals surface area contributed by atoms with Crippen LogP contribution in [0.4, 0.5) is 0 Å². The first kappa shape index (κ1) is 8.87. The summed E-state index contributed by atoms with van der Waals surface area (Å²) >= 11 is 0. The number of allylic oxidation sites excluding steroid dienone is 4. The highest BCUT2D eigenvalue weighted by atomic mass is 16.3. The van der Waals surface area contributed by atoms with E-state index in [4.69, 9.17) is 5.11 Å². The van der Waals surface area contributed by atoms with Crippen LogP contribution in [-0.2, 0) is 9.59 Å². The normalized spacial score (nSPS) is 16.6. The van der Waals surface area contributed by atoms with E-state index in [-0.39, 0.29) is 18.2 Å². The van der Waals surface area contributed by atoms with Crippen molar-refractivity contribution in [2.75, 3.05) is 6.61 Å². The molecule has 1 rings (SSSR count). The highest BCUT2D eigenvalue weighted by Crippen LogP contribution is 2.11. The van der Waals surface area contributed by atoms with Gasteiger partial charge in [-0.05, 0) is 31.1 Å². The topological polar surface area (TPSA) is 54.4 Å². The Labute approximate surface area is 70.4 Å². The Morgan fingerprint density at radius 1 is 1.25 bits per heavy atom. The van der Waals surface area contributed by atoms with Gasteiger partial charge >= 0.3 is 0 Å². The second-order valence-corrected chi connectivity index (χ2v) is 2.60. The molecule has 0 aromatic carbocycles. The maximum Gasteiger partial charge on any atom is 0.182 e. The van der Waals surface area contributed by atoms with E-state index in [1.807, 2.05) is 0 Å². The molecule has 0 fully saturated rings. The lowest BCUT2D eigenvalue weighted by Gasteiger charge is -2.04. The molecule has 0 bridgehead atoms. The molecule has 0 aliphatic heterocycles. The van der Waals surface area contributed by atoms with E-state index in [9.17, 15) is 9.59 Å². The Morgan fingerprint density at radius 3 is 2.67 bits per heavy atom. The highest BCUT2D eigenvalue weighted by Gasteiger charge is 2.11. The molecule has 3 heteroatoms. The maximum atomic E-state index is 11.1. The lowest BCUT2D eigenvalue weighted by molar-refractivity contribution is -0.114. The zero-order valence-corrected chi connectivity index (χ0v) is 6.62. The van der Waals surface area contributed by atoms with E-state index >= 15 is 0 Å². The Kier molecular flexibility index (Phi) is 2.94. The average molecular weight is 166 g/mol. The van der Waals surface area contributed by atoms with Crippen molar-refractivity contribution in [3.8, 4) is 0 Å². The first-order valence-electron chi connectivity index (χ1n) is 3.82. The van der Waals surface area contributed by atoms with Crippen LogP contribution >= 0.6 is 0 Å². The Hall–Kier alpha value is -1.22. The van der Waals surface area contributed by atoms with Gasteiger partial charge in [-0.25, -0.2) is 0 Å². The fraction of sp³-hybridized carbons (Fsp3) is 0.333. The van der Waals surface area contributed by atoms with Crippen LogP contribution in [0.5, 0.6) is 0 Å². The smallest absolute Gasteiger partial charge is 0.182 e. The van der Waals surface area contributed by atoms with E-state index in [0.29, 0.717) is 18.4 Å². The van der Waals surface area contributed by atoms with Crippen molar-refractivity contribution in [3.63, 3.8) is 0 Å².